The molecule has 0 aromatic heterocycles. The van der Waals surface area contributed by atoms with Gasteiger partial charge in [0.25, 0.3) is 5.91 Å². The lowest BCUT2D eigenvalue weighted by Gasteiger charge is -2.31. The van der Waals surface area contributed by atoms with E-state index in [0.29, 0.717) is 32.6 Å². The number of halogens is 2. The normalized spacial score (nSPS) is 16.7. The first kappa shape index (κ1) is 21.4. The number of benzene rings is 1. The predicted octanol–water partition coefficient (Wildman–Crippen LogP) is 2.30. The van der Waals surface area contributed by atoms with Crippen molar-refractivity contribution in [1.29, 1.82) is 0 Å². The molecule has 1 aromatic carbocycles. The Bertz CT molecular complexity index is 619. The van der Waals surface area contributed by atoms with Crippen molar-refractivity contribution >= 4 is 24.2 Å². The molecule has 0 saturated carbocycles. The maximum absolute atomic E-state index is 13.8. The zero-order valence-electron chi connectivity index (χ0n) is 15.0. The molecular formula is C18H27ClFN3O2. The average molecular weight is 372 g/mol. The molecular weight excluding hydrogens is 345 g/mol. The first-order valence-corrected chi connectivity index (χ1v) is 8.30. The molecule has 1 atom stereocenters. The van der Waals surface area contributed by atoms with Crippen molar-refractivity contribution < 1.29 is 14.0 Å². The molecule has 2 N–H and O–H groups in total. The lowest BCUT2D eigenvalue weighted by atomic mass is 9.86. The van der Waals surface area contributed by atoms with Gasteiger partial charge in [0.05, 0.1) is 11.6 Å². The number of amides is 2. The highest BCUT2D eigenvalue weighted by Gasteiger charge is 2.32. The molecule has 1 heterocycles. The largest absolute Gasteiger partial charge is 0.339 e. The van der Waals surface area contributed by atoms with Crippen molar-refractivity contribution in [1.82, 2.24) is 9.80 Å². The van der Waals surface area contributed by atoms with Crippen LogP contribution in [0.3, 0.4) is 0 Å². The summed E-state index contributed by atoms with van der Waals surface area (Å²) in [5.41, 5.74) is 5.82. The minimum atomic E-state index is -0.577. The SMILES string of the molecule is CC(C)(C)[C@H](N)C(=O)N1CCCN(C(=O)c2ccccc2F)CC1.Cl. The molecule has 25 heavy (non-hydrogen) atoms. The Morgan fingerprint density at radius 1 is 1.08 bits per heavy atom. The third kappa shape index (κ3) is 5.16. The molecule has 0 unspecified atom stereocenters. The van der Waals surface area contributed by atoms with E-state index in [1.807, 2.05) is 20.8 Å². The van der Waals surface area contributed by atoms with Gasteiger partial charge in [0.15, 0.2) is 0 Å². The summed E-state index contributed by atoms with van der Waals surface area (Å²) in [6.45, 7) is 7.66. The number of hydrogen-bond acceptors (Lipinski definition) is 3. The molecule has 1 saturated heterocycles. The standard InChI is InChI=1S/C18H26FN3O2.ClH/c1-18(2,3)15(20)17(24)22-10-6-9-21(11-12-22)16(23)13-7-4-5-8-14(13)19;/h4-5,7-8,15H,6,9-12,20H2,1-3H3;1H/t15-;/m1./s1. The van der Waals surface area contributed by atoms with Gasteiger partial charge in [-0.3, -0.25) is 9.59 Å². The van der Waals surface area contributed by atoms with Crippen LogP contribution in [0.1, 0.15) is 37.6 Å². The lowest BCUT2D eigenvalue weighted by molar-refractivity contribution is -0.134. The van der Waals surface area contributed by atoms with Crippen LogP contribution >= 0.6 is 12.4 Å². The van der Waals surface area contributed by atoms with Gasteiger partial charge >= 0.3 is 0 Å². The second-order valence-electron chi connectivity index (χ2n) is 7.29. The molecule has 140 valence electrons. The summed E-state index contributed by atoms with van der Waals surface area (Å²) in [7, 11) is 0. The fraction of sp³-hybridized carbons (Fsp3) is 0.556. The molecule has 0 aliphatic carbocycles. The maximum atomic E-state index is 13.8. The molecule has 1 fully saturated rings. The van der Waals surface area contributed by atoms with Crippen LogP contribution in [0.15, 0.2) is 24.3 Å². The van der Waals surface area contributed by atoms with Gasteiger partial charge in [0.2, 0.25) is 5.91 Å². The van der Waals surface area contributed by atoms with Gasteiger partial charge in [0.1, 0.15) is 5.82 Å². The molecule has 0 spiro atoms. The highest BCUT2D eigenvalue weighted by molar-refractivity contribution is 5.94. The van der Waals surface area contributed by atoms with Crippen LogP contribution in [0.25, 0.3) is 0 Å². The van der Waals surface area contributed by atoms with Crippen LogP contribution in [0.5, 0.6) is 0 Å². The number of carbonyl (C=O) groups excluding carboxylic acids is 2. The summed E-state index contributed by atoms with van der Waals surface area (Å²) >= 11 is 0. The molecule has 1 aliphatic heterocycles. The Hall–Kier alpha value is -1.66. The number of nitrogens with two attached hydrogens (primary N) is 1. The summed E-state index contributed by atoms with van der Waals surface area (Å²) in [5.74, 6) is -0.945. The van der Waals surface area contributed by atoms with Crippen molar-refractivity contribution in [3.05, 3.63) is 35.6 Å². The Kier molecular flexibility index (Phi) is 7.38. The van der Waals surface area contributed by atoms with Crippen LogP contribution in [0.4, 0.5) is 4.39 Å². The second kappa shape index (κ2) is 8.63. The smallest absolute Gasteiger partial charge is 0.256 e. The first-order chi connectivity index (χ1) is 11.2. The summed E-state index contributed by atoms with van der Waals surface area (Å²) in [4.78, 5) is 28.4. The predicted molar refractivity (Wildman–Crippen MR) is 98.2 cm³/mol. The quantitative estimate of drug-likeness (QED) is 0.867. The maximum Gasteiger partial charge on any atom is 0.256 e. The summed E-state index contributed by atoms with van der Waals surface area (Å²) in [6.07, 6.45) is 0.656. The fourth-order valence-corrected chi connectivity index (χ4v) is 2.71. The summed E-state index contributed by atoms with van der Waals surface area (Å²) in [6, 6.07) is 5.39. The Labute approximate surface area is 154 Å². The molecule has 2 rings (SSSR count). The molecule has 1 aliphatic rings. The number of nitrogens with zero attached hydrogens (tertiary/aromatic N) is 2. The topological polar surface area (TPSA) is 66.6 Å². The van der Waals surface area contributed by atoms with Gasteiger partial charge in [-0.1, -0.05) is 32.9 Å². The lowest BCUT2D eigenvalue weighted by Crippen LogP contribution is -2.51. The minimum Gasteiger partial charge on any atom is -0.339 e. The average Bonchev–Trinajstić information content (AvgIpc) is 2.78. The van der Waals surface area contributed by atoms with Crippen LogP contribution in [-0.2, 0) is 4.79 Å². The summed E-state index contributed by atoms with van der Waals surface area (Å²) < 4.78 is 13.8. The van der Waals surface area contributed by atoms with Crippen molar-refractivity contribution in [3.63, 3.8) is 0 Å². The minimum absolute atomic E-state index is 0. The van der Waals surface area contributed by atoms with E-state index in [-0.39, 0.29) is 35.2 Å². The third-order valence-electron chi connectivity index (χ3n) is 4.40. The Morgan fingerprint density at radius 2 is 1.64 bits per heavy atom. The first-order valence-electron chi connectivity index (χ1n) is 8.30. The van der Waals surface area contributed by atoms with Crippen LogP contribution in [0.2, 0.25) is 0 Å². The number of carbonyl (C=O) groups is 2. The van der Waals surface area contributed by atoms with Gasteiger partial charge in [-0.15, -0.1) is 12.4 Å². The van der Waals surface area contributed by atoms with E-state index >= 15 is 0 Å². The highest BCUT2D eigenvalue weighted by atomic mass is 35.5. The molecule has 1 aromatic rings. The van der Waals surface area contributed by atoms with Gasteiger partial charge < -0.3 is 15.5 Å². The number of rotatable bonds is 2. The second-order valence-corrected chi connectivity index (χ2v) is 7.29. The van der Waals surface area contributed by atoms with E-state index in [1.54, 1.807) is 21.9 Å². The zero-order valence-corrected chi connectivity index (χ0v) is 15.8. The van der Waals surface area contributed by atoms with Crippen molar-refractivity contribution in [2.24, 2.45) is 11.1 Å². The Balaban J connectivity index is 0.00000312. The van der Waals surface area contributed by atoms with Gasteiger partial charge in [-0.2, -0.15) is 0 Å². The van der Waals surface area contributed by atoms with Crippen LogP contribution < -0.4 is 5.73 Å². The zero-order chi connectivity index (χ0) is 17.9. The van der Waals surface area contributed by atoms with E-state index in [1.165, 1.54) is 12.1 Å². The van der Waals surface area contributed by atoms with Gasteiger partial charge in [0, 0.05) is 26.2 Å². The van der Waals surface area contributed by atoms with Gasteiger partial charge in [-0.25, -0.2) is 4.39 Å². The van der Waals surface area contributed by atoms with Crippen LogP contribution in [-0.4, -0.2) is 53.8 Å². The van der Waals surface area contributed by atoms with E-state index in [4.69, 9.17) is 5.73 Å². The number of hydrogen-bond donors (Lipinski definition) is 1. The van der Waals surface area contributed by atoms with E-state index < -0.39 is 11.9 Å². The fourth-order valence-electron chi connectivity index (χ4n) is 2.71. The van der Waals surface area contributed by atoms with Crippen molar-refractivity contribution in [2.45, 2.75) is 33.2 Å². The van der Waals surface area contributed by atoms with E-state index in [9.17, 15) is 14.0 Å². The molecule has 2 amide bonds. The van der Waals surface area contributed by atoms with Gasteiger partial charge in [-0.05, 0) is 24.0 Å². The van der Waals surface area contributed by atoms with Crippen molar-refractivity contribution in [2.75, 3.05) is 26.2 Å². The Morgan fingerprint density at radius 3 is 2.24 bits per heavy atom. The molecule has 0 radical (unpaired) electrons. The highest BCUT2D eigenvalue weighted by Crippen LogP contribution is 2.20. The molecule has 7 heteroatoms. The van der Waals surface area contributed by atoms with Crippen molar-refractivity contribution in [3.8, 4) is 0 Å². The monoisotopic (exact) mass is 371 g/mol. The third-order valence-corrected chi connectivity index (χ3v) is 4.40. The van der Waals surface area contributed by atoms with E-state index in [0.717, 1.165) is 0 Å². The molecule has 5 nitrogen and oxygen atoms in total. The van der Waals surface area contributed by atoms with Crippen LogP contribution in [0, 0.1) is 11.2 Å². The summed E-state index contributed by atoms with van der Waals surface area (Å²) in [5, 5.41) is 0. The van der Waals surface area contributed by atoms with E-state index in [2.05, 4.69) is 0 Å². The molecule has 0 bridgehead atoms.